The van der Waals surface area contributed by atoms with Crippen molar-refractivity contribution in [3.63, 3.8) is 0 Å². The highest BCUT2D eigenvalue weighted by molar-refractivity contribution is 7.98. The Labute approximate surface area is 137 Å². The number of rotatable bonds is 5. The van der Waals surface area contributed by atoms with E-state index in [1.54, 1.807) is 13.2 Å². The molecule has 2 aromatic heterocycles. The van der Waals surface area contributed by atoms with Crippen molar-refractivity contribution in [3.05, 3.63) is 23.8 Å². The summed E-state index contributed by atoms with van der Waals surface area (Å²) < 4.78 is 10.1. The van der Waals surface area contributed by atoms with Gasteiger partial charge in [-0.1, -0.05) is 0 Å². The van der Waals surface area contributed by atoms with Crippen LogP contribution < -0.4 is 4.74 Å². The molecule has 0 spiro atoms. The smallest absolute Gasteiger partial charge is 0.356 e. The van der Waals surface area contributed by atoms with Crippen molar-refractivity contribution in [2.24, 2.45) is 0 Å². The van der Waals surface area contributed by atoms with Crippen molar-refractivity contribution in [3.8, 4) is 17.3 Å². The fourth-order valence-electron chi connectivity index (χ4n) is 2.26. The molecule has 0 atom stereocenters. The molecule has 0 radical (unpaired) electrons. The molecule has 0 unspecified atom stereocenters. The fraction of sp³-hybridized carbons (Fsp3) is 0.400. The van der Waals surface area contributed by atoms with Crippen LogP contribution in [0.25, 0.3) is 11.4 Å². The van der Waals surface area contributed by atoms with E-state index >= 15 is 0 Å². The van der Waals surface area contributed by atoms with Gasteiger partial charge in [-0.15, -0.1) is 11.8 Å². The summed E-state index contributed by atoms with van der Waals surface area (Å²) in [5, 5.41) is 0.669. The number of thioether (sulfide) groups is 1. The molecule has 2 aromatic rings. The predicted molar refractivity (Wildman–Crippen MR) is 84.7 cm³/mol. The number of aromatic nitrogens is 4. The van der Waals surface area contributed by atoms with Crippen molar-refractivity contribution < 1.29 is 14.3 Å². The highest BCUT2D eigenvalue weighted by Crippen LogP contribution is 2.44. The minimum absolute atomic E-state index is 0.203. The summed E-state index contributed by atoms with van der Waals surface area (Å²) in [6, 6.07) is 1.60. The molecule has 0 N–H and O–H groups in total. The average molecular weight is 332 g/mol. The van der Waals surface area contributed by atoms with E-state index in [2.05, 4.69) is 19.9 Å². The van der Waals surface area contributed by atoms with Gasteiger partial charge in [0.05, 0.1) is 19.9 Å². The molecule has 23 heavy (non-hydrogen) atoms. The molecular weight excluding hydrogens is 316 g/mol. The van der Waals surface area contributed by atoms with Gasteiger partial charge in [0.2, 0.25) is 5.88 Å². The van der Waals surface area contributed by atoms with Crippen molar-refractivity contribution in [2.75, 3.05) is 20.5 Å². The average Bonchev–Trinajstić information content (AvgIpc) is 3.44. The number of nitrogens with zero attached hydrogens (tertiary/aromatic N) is 4. The molecule has 7 nitrogen and oxygen atoms in total. The Bertz CT molecular complexity index is 749. The number of esters is 1. The van der Waals surface area contributed by atoms with Gasteiger partial charge < -0.3 is 9.47 Å². The van der Waals surface area contributed by atoms with Crippen LogP contribution in [0.1, 0.15) is 34.9 Å². The highest BCUT2D eigenvalue weighted by atomic mass is 32.2. The van der Waals surface area contributed by atoms with E-state index in [0.717, 1.165) is 18.5 Å². The van der Waals surface area contributed by atoms with Crippen molar-refractivity contribution in [1.29, 1.82) is 0 Å². The zero-order valence-electron chi connectivity index (χ0n) is 13.1. The summed E-state index contributed by atoms with van der Waals surface area (Å²) in [5.74, 6) is 0.658. The standard InChI is InChI=1S/C15H16N4O3S/c1-21-14-11(12(8-4-5-8)16-7-17-14)13-18-9(15(20)22-2)6-10(19-13)23-3/h6-8H,4-5H2,1-3H3. The van der Waals surface area contributed by atoms with Crippen LogP contribution in [0.15, 0.2) is 17.4 Å². The molecule has 8 heteroatoms. The number of carbonyl (C=O) groups excluding carboxylic acids is 1. The van der Waals surface area contributed by atoms with Crippen molar-refractivity contribution >= 4 is 17.7 Å². The van der Waals surface area contributed by atoms with Crippen LogP contribution in [0, 0.1) is 0 Å². The molecule has 1 saturated carbocycles. The minimum Gasteiger partial charge on any atom is -0.480 e. The Morgan fingerprint density at radius 1 is 1.26 bits per heavy atom. The van der Waals surface area contributed by atoms with Gasteiger partial charge in [0, 0.05) is 12.0 Å². The molecule has 0 aliphatic heterocycles. The lowest BCUT2D eigenvalue weighted by Crippen LogP contribution is -2.09. The first-order valence-electron chi connectivity index (χ1n) is 7.08. The zero-order chi connectivity index (χ0) is 16.4. The quantitative estimate of drug-likeness (QED) is 0.468. The van der Waals surface area contributed by atoms with E-state index in [1.165, 1.54) is 25.2 Å². The summed E-state index contributed by atoms with van der Waals surface area (Å²) in [4.78, 5) is 29.3. The Kier molecular flexibility index (Phi) is 4.42. The van der Waals surface area contributed by atoms with Gasteiger partial charge in [-0.2, -0.15) is 0 Å². The van der Waals surface area contributed by atoms with Crippen LogP contribution >= 0.6 is 11.8 Å². The Balaban J connectivity index is 2.19. The second-order valence-electron chi connectivity index (χ2n) is 5.03. The normalized spacial score (nSPS) is 13.7. The minimum atomic E-state index is -0.507. The summed E-state index contributed by atoms with van der Waals surface area (Å²) in [5.41, 5.74) is 1.72. The SMILES string of the molecule is COC(=O)c1cc(SC)nc(-c2c(OC)ncnc2C2CC2)n1. The number of hydrogen-bond donors (Lipinski definition) is 0. The first-order chi connectivity index (χ1) is 11.2. The van der Waals surface area contributed by atoms with Crippen LogP contribution in [0.2, 0.25) is 0 Å². The van der Waals surface area contributed by atoms with E-state index < -0.39 is 5.97 Å². The molecule has 1 aliphatic carbocycles. The number of ether oxygens (including phenoxy) is 2. The highest BCUT2D eigenvalue weighted by Gasteiger charge is 2.31. The van der Waals surface area contributed by atoms with Gasteiger partial charge in [0.25, 0.3) is 0 Å². The molecule has 120 valence electrons. The van der Waals surface area contributed by atoms with Crippen molar-refractivity contribution in [2.45, 2.75) is 23.8 Å². The third kappa shape index (κ3) is 3.12. The van der Waals surface area contributed by atoms with Crippen molar-refractivity contribution in [1.82, 2.24) is 19.9 Å². The number of hydrogen-bond acceptors (Lipinski definition) is 8. The monoisotopic (exact) mass is 332 g/mol. The summed E-state index contributed by atoms with van der Waals surface area (Å²) in [6.07, 6.45) is 5.50. The first-order valence-corrected chi connectivity index (χ1v) is 8.31. The fourth-order valence-corrected chi connectivity index (χ4v) is 2.67. The van der Waals surface area contributed by atoms with Gasteiger partial charge in [-0.3, -0.25) is 0 Å². The lowest BCUT2D eigenvalue weighted by molar-refractivity contribution is 0.0593. The molecule has 0 bridgehead atoms. The molecular formula is C15H16N4O3S. The predicted octanol–water partition coefficient (Wildman–Crippen LogP) is 2.33. The molecule has 1 aliphatic rings. The molecule has 2 heterocycles. The molecule has 3 rings (SSSR count). The number of carbonyl (C=O) groups is 1. The first kappa shape index (κ1) is 15.7. The third-order valence-corrected chi connectivity index (χ3v) is 4.16. The van der Waals surface area contributed by atoms with E-state index in [9.17, 15) is 4.79 Å². The van der Waals surface area contributed by atoms with E-state index in [1.807, 2.05) is 6.26 Å². The third-order valence-electron chi connectivity index (χ3n) is 3.53. The summed E-state index contributed by atoms with van der Waals surface area (Å²) >= 11 is 1.42. The molecule has 0 saturated heterocycles. The van der Waals surface area contributed by atoms with Gasteiger partial charge in [0.1, 0.15) is 16.9 Å². The van der Waals surface area contributed by atoms with Crippen LogP contribution in [0.3, 0.4) is 0 Å². The van der Waals surface area contributed by atoms with Crippen LogP contribution in [-0.2, 0) is 4.74 Å². The largest absolute Gasteiger partial charge is 0.480 e. The lowest BCUT2D eigenvalue weighted by Gasteiger charge is -2.12. The Morgan fingerprint density at radius 2 is 2.04 bits per heavy atom. The molecule has 0 amide bonds. The topological polar surface area (TPSA) is 87.1 Å². The Morgan fingerprint density at radius 3 is 2.65 bits per heavy atom. The lowest BCUT2D eigenvalue weighted by atomic mass is 10.1. The van der Waals surface area contributed by atoms with E-state index in [0.29, 0.717) is 28.2 Å². The van der Waals surface area contributed by atoms with Gasteiger partial charge in [0.15, 0.2) is 11.5 Å². The van der Waals surface area contributed by atoms with Crippen LogP contribution in [0.4, 0.5) is 0 Å². The summed E-state index contributed by atoms with van der Waals surface area (Å²) in [6.45, 7) is 0. The molecule has 1 fully saturated rings. The van der Waals surface area contributed by atoms with Gasteiger partial charge >= 0.3 is 5.97 Å². The van der Waals surface area contributed by atoms with E-state index in [4.69, 9.17) is 9.47 Å². The zero-order valence-corrected chi connectivity index (χ0v) is 13.9. The Hall–Kier alpha value is -2.22. The van der Waals surface area contributed by atoms with Gasteiger partial charge in [-0.25, -0.2) is 24.7 Å². The number of methoxy groups -OCH3 is 2. The van der Waals surface area contributed by atoms with E-state index in [-0.39, 0.29) is 5.69 Å². The maximum atomic E-state index is 11.9. The second kappa shape index (κ2) is 6.49. The molecule has 0 aromatic carbocycles. The summed E-state index contributed by atoms with van der Waals surface area (Å²) in [7, 11) is 2.87. The maximum absolute atomic E-state index is 11.9. The second-order valence-corrected chi connectivity index (χ2v) is 5.85. The van der Waals surface area contributed by atoms with Gasteiger partial charge in [-0.05, 0) is 19.1 Å². The van der Waals surface area contributed by atoms with Crippen LogP contribution in [0.5, 0.6) is 5.88 Å². The maximum Gasteiger partial charge on any atom is 0.356 e. The van der Waals surface area contributed by atoms with Crippen LogP contribution in [-0.4, -0.2) is 46.4 Å².